The molecule has 128 valence electrons. The lowest BCUT2D eigenvalue weighted by atomic mass is 10.0. The molecule has 24 heavy (non-hydrogen) atoms. The smallest absolute Gasteiger partial charge is 0.256 e. The number of hydrogen-bond donors (Lipinski definition) is 1. The van der Waals surface area contributed by atoms with Crippen LogP contribution < -0.4 is 5.32 Å². The molecule has 4 nitrogen and oxygen atoms in total. The van der Waals surface area contributed by atoms with Gasteiger partial charge in [0.2, 0.25) is 0 Å². The predicted molar refractivity (Wildman–Crippen MR) is 97.3 cm³/mol. The molecule has 1 unspecified atom stereocenters. The number of benzene rings is 1. The Kier molecular flexibility index (Phi) is 4.74. The van der Waals surface area contributed by atoms with Gasteiger partial charge in [-0.15, -0.1) is 0 Å². The highest BCUT2D eigenvalue weighted by Crippen LogP contribution is 2.40. The number of carbonyl (C=O) groups excluding carboxylic acids is 1. The molecule has 1 aliphatic carbocycles. The number of amides is 1. The Morgan fingerprint density at radius 2 is 1.92 bits per heavy atom. The number of aromatic nitrogens is 2. The summed E-state index contributed by atoms with van der Waals surface area (Å²) >= 11 is 0. The molecule has 1 saturated carbocycles. The highest BCUT2D eigenvalue weighted by atomic mass is 16.1. The van der Waals surface area contributed by atoms with E-state index in [1.54, 1.807) is 0 Å². The van der Waals surface area contributed by atoms with Gasteiger partial charge < -0.3 is 5.32 Å². The minimum absolute atomic E-state index is 0.0704. The number of carbonyl (C=O) groups is 1. The molecule has 0 bridgehead atoms. The van der Waals surface area contributed by atoms with Gasteiger partial charge in [0.15, 0.2) is 0 Å². The molecule has 0 saturated heterocycles. The van der Waals surface area contributed by atoms with Gasteiger partial charge in [-0.3, -0.25) is 4.79 Å². The van der Waals surface area contributed by atoms with Gasteiger partial charge >= 0.3 is 0 Å². The molecule has 1 aromatic heterocycles. The summed E-state index contributed by atoms with van der Waals surface area (Å²) in [6.45, 7) is 8.57. The number of aryl methyl sites for hydroxylation is 1. The zero-order valence-corrected chi connectivity index (χ0v) is 15.0. The van der Waals surface area contributed by atoms with Crippen LogP contribution in [0.1, 0.15) is 61.1 Å². The maximum Gasteiger partial charge on any atom is 0.256 e. The van der Waals surface area contributed by atoms with Crippen molar-refractivity contribution in [3.63, 3.8) is 0 Å². The lowest BCUT2D eigenvalue weighted by Gasteiger charge is -2.16. The summed E-state index contributed by atoms with van der Waals surface area (Å²) in [6, 6.07) is 8.25. The average Bonchev–Trinajstić information content (AvgIpc) is 3.33. The number of rotatable bonds is 6. The average molecular weight is 325 g/mol. The van der Waals surface area contributed by atoms with Gasteiger partial charge in [0.1, 0.15) is 5.82 Å². The van der Waals surface area contributed by atoms with Crippen LogP contribution in [0.2, 0.25) is 0 Å². The first-order chi connectivity index (χ1) is 11.5. The maximum absolute atomic E-state index is 12.6. The Morgan fingerprint density at radius 1 is 1.25 bits per heavy atom. The monoisotopic (exact) mass is 325 g/mol. The quantitative estimate of drug-likeness (QED) is 0.843. The van der Waals surface area contributed by atoms with Crippen molar-refractivity contribution in [3.05, 3.63) is 47.2 Å². The molecule has 2 aromatic rings. The third-order valence-corrected chi connectivity index (χ3v) is 4.76. The Balaban J connectivity index is 1.74. The van der Waals surface area contributed by atoms with Crippen LogP contribution in [0.5, 0.6) is 0 Å². The topological polar surface area (TPSA) is 46.9 Å². The number of hydrogen-bond acceptors (Lipinski definition) is 2. The summed E-state index contributed by atoms with van der Waals surface area (Å²) in [6.07, 6.45) is 5.38. The van der Waals surface area contributed by atoms with Gasteiger partial charge in [0.25, 0.3) is 5.91 Å². The molecular formula is C20H27N3O. The van der Waals surface area contributed by atoms with Crippen molar-refractivity contribution in [1.82, 2.24) is 9.78 Å². The fourth-order valence-electron chi connectivity index (χ4n) is 3.13. The van der Waals surface area contributed by atoms with Gasteiger partial charge in [-0.2, -0.15) is 5.10 Å². The van der Waals surface area contributed by atoms with Crippen molar-refractivity contribution in [2.75, 3.05) is 5.32 Å². The van der Waals surface area contributed by atoms with Crippen LogP contribution in [0.4, 0.5) is 5.82 Å². The molecular weight excluding hydrogens is 298 g/mol. The second kappa shape index (κ2) is 6.80. The van der Waals surface area contributed by atoms with Gasteiger partial charge in [0.05, 0.1) is 12.2 Å². The van der Waals surface area contributed by atoms with Crippen molar-refractivity contribution in [2.24, 2.45) is 11.8 Å². The predicted octanol–water partition coefficient (Wildman–Crippen LogP) is 4.61. The van der Waals surface area contributed by atoms with Gasteiger partial charge in [-0.25, -0.2) is 4.68 Å². The lowest BCUT2D eigenvalue weighted by molar-refractivity contribution is 0.102. The molecule has 1 aliphatic rings. The number of anilines is 1. The summed E-state index contributed by atoms with van der Waals surface area (Å²) in [5.74, 6) is 2.06. The minimum atomic E-state index is -0.0704. The zero-order chi connectivity index (χ0) is 17.3. The Labute approximate surface area is 144 Å². The Hall–Kier alpha value is -2.10. The highest BCUT2D eigenvalue weighted by Gasteiger charge is 2.31. The summed E-state index contributed by atoms with van der Waals surface area (Å²) in [4.78, 5) is 12.6. The third kappa shape index (κ3) is 3.69. The minimum Gasteiger partial charge on any atom is -0.307 e. The Bertz CT molecular complexity index is 711. The first kappa shape index (κ1) is 16.7. The van der Waals surface area contributed by atoms with Crippen molar-refractivity contribution in [1.29, 1.82) is 0 Å². The summed E-state index contributed by atoms with van der Waals surface area (Å²) in [5, 5.41) is 7.53. The molecule has 1 amide bonds. The van der Waals surface area contributed by atoms with Crippen LogP contribution in [0, 0.1) is 18.8 Å². The van der Waals surface area contributed by atoms with E-state index in [-0.39, 0.29) is 5.91 Å². The summed E-state index contributed by atoms with van der Waals surface area (Å²) in [7, 11) is 0. The van der Waals surface area contributed by atoms with Gasteiger partial charge in [0, 0.05) is 11.1 Å². The zero-order valence-electron chi connectivity index (χ0n) is 15.0. The van der Waals surface area contributed by atoms with Crippen molar-refractivity contribution >= 4 is 11.7 Å². The van der Waals surface area contributed by atoms with E-state index in [9.17, 15) is 4.79 Å². The Morgan fingerprint density at radius 3 is 2.50 bits per heavy atom. The molecule has 0 radical (unpaired) electrons. The molecule has 1 aromatic carbocycles. The summed E-state index contributed by atoms with van der Waals surface area (Å²) in [5.41, 5.74) is 2.96. The van der Waals surface area contributed by atoms with E-state index in [1.807, 2.05) is 42.1 Å². The highest BCUT2D eigenvalue weighted by molar-refractivity contribution is 6.04. The SMILES string of the molecule is Cc1cnn(C(C)C2CC2)c1NC(=O)c1ccc(CC(C)C)cc1. The van der Waals surface area contributed by atoms with Crippen LogP contribution in [0.25, 0.3) is 0 Å². The van der Waals surface area contributed by atoms with Crippen molar-refractivity contribution in [3.8, 4) is 0 Å². The van der Waals surface area contributed by atoms with E-state index in [4.69, 9.17) is 0 Å². The number of nitrogens with zero attached hydrogens (tertiary/aromatic N) is 2. The van der Waals surface area contributed by atoms with E-state index in [1.165, 1.54) is 18.4 Å². The van der Waals surface area contributed by atoms with E-state index in [0.717, 1.165) is 17.8 Å². The van der Waals surface area contributed by atoms with Crippen LogP contribution in [-0.2, 0) is 6.42 Å². The van der Waals surface area contributed by atoms with E-state index >= 15 is 0 Å². The van der Waals surface area contributed by atoms with Crippen LogP contribution in [0.15, 0.2) is 30.5 Å². The molecule has 1 atom stereocenters. The molecule has 0 spiro atoms. The van der Waals surface area contributed by atoms with Crippen LogP contribution >= 0.6 is 0 Å². The largest absolute Gasteiger partial charge is 0.307 e. The van der Waals surface area contributed by atoms with Crippen LogP contribution in [-0.4, -0.2) is 15.7 Å². The van der Waals surface area contributed by atoms with E-state index < -0.39 is 0 Å². The van der Waals surface area contributed by atoms with Crippen molar-refractivity contribution in [2.45, 2.75) is 53.0 Å². The molecule has 0 aliphatic heterocycles. The lowest BCUT2D eigenvalue weighted by Crippen LogP contribution is -2.19. The van der Waals surface area contributed by atoms with E-state index in [0.29, 0.717) is 23.4 Å². The number of nitrogens with one attached hydrogen (secondary N) is 1. The third-order valence-electron chi connectivity index (χ3n) is 4.76. The van der Waals surface area contributed by atoms with Crippen LogP contribution in [0.3, 0.4) is 0 Å². The summed E-state index contributed by atoms with van der Waals surface area (Å²) < 4.78 is 1.97. The second-order valence-corrected chi connectivity index (χ2v) is 7.45. The first-order valence-electron chi connectivity index (χ1n) is 8.90. The maximum atomic E-state index is 12.6. The fraction of sp³-hybridized carbons (Fsp3) is 0.500. The normalized spacial score (nSPS) is 15.5. The molecule has 3 rings (SSSR count). The molecule has 4 heteroatoms. The van der Waals surface area contributed by atoms with Gasteiger partial charge in [-0.1, -0.05) is 26.0 Å². The fourth-order valence-corrected chi connectivity index (χ4v) is 3.13. The van der Waals surface area contributed by atoms with E-state index in [2.05, 4.69) is 31.2 Å². The molecule has 1 heterocycles. The molecule has 1 fully saturated rings. The first-order valence-corrected chi connectivity index (χ1v) is 8.90. The van der Waals surface area contributed by atoms with Gasteiger partial charge in [-0.05, 0) is 62.6 Å². The second-order valence-electron chi connectivity index (χ2n) is 7.45. The molecule has 1 N–H and O–H groups in total. The standard InChI is InChI=1S/C20H27N3O/c1-13(2)11-16-5-7-18(8-6-16)20(24)22-19-14(3)12-21-23(19)15(4)17-9-10-17/h5-8,12-13,15,17H,9-11H2,1-4H3,(H,22,24). The van der Waals surface area contributed by atoms with Crippen molar-refractivity contribution < 1.29 is 4.79 Å².